The van der Waals surface area contributed by atoms with E-state index in [9.17, 15) is 4.79 Å². The Morgan fingerprint density at radius 2 is 1.60 bits per heavy atom. The van der Waals surface area contributed by atoms with Gasteiger partial charge in [-0.1, -0.05) is 72.8 Å². The van der Waals surface area contributed by atoms with Gasteiger partial charge in [-0.2, -0.15) is 0 Å². The van der Waals surface area contributed by atoms with E-state index in [1.54, 1.807) is 6.33 Å². The van der Waals surface area contributed by atoms with E-state index in [0.717, 1.165) is 43.1 Å². The lowest BCUT2D eigenvalue weighted by atomic mass is 9.90. The molecule has 0 aliphatic heterocycles. The highest BCUT2D eigenvalue weighted by atomic mass is 16.5. The SMILES string of the molecule is NC(=O)Cc1ccc(OCCCN(Cc2cnc[nH]2)CC(c2ccccc2)c2ccccc2)cc1. The summed E-state index contributed by atoms with van der Waals surface area (Å²) in [5.41, 5.74) is 9.86. The van der Waals surface area contributed by atoms with Gasteiger partial charge in [0.25, 0.3) is 0 Å². The van der Waals surface area contributed by atoms with Crippen LogP contribution in [0.15, 0.2) is 97.5 Å². The van der Waals surface area contributed by atoms with Gasteiger partial charge in [0.15, 0.2) is 0 Å². The lowest BCUT2D eigenvalue weighted by molar-refractivity contribution is -0.117. The maximum atomic E-state index is 11.1. The van der Waals surface area contributed by atoms with Gasteiger partial charge in [0.05, 0.1) is 19.4 Å². The highest BCUT2D eigenvalue weighted by Gasteiger charge is 2.19. The maximum absolute atomic E-state index is 11.1. The molecule has 0 atom stereocenters. The van der Waals surface area contributed by atoms with Crippen molar-refractivity contribution in [1.29, 1.82) is 0 Å². The van der Waals surface area contributed by atoms with Gasteiger partial charge in [0, 0.05) is 37.4 Å². The molecule has 0 radical (unpaired) electrons. The standard InChI is InChI=1S/C29H32N4O2/c30-29(34)18-23-12-14-27(15-13-23)35-17-7-16-33(20-26-19-31-22-32-26)21-28(24-8-3-1-4-9-24)25-10-5-2-6-11-25/h1-6,8-15,19,22,28H,7,16-18,20-21H2,(H2,30,34)(H,31,32). The van der Waals surface area contributed by atoms with E-state index in [1.807, 2.05) is 30.5 Å². The molecular formula is C29H32N4O2. The fraction of sp³-hybridized carbons (Fsp3) is 0.241. The third kappa shape index (κ3) is 7.55. The van der Waals surface area contributed by atoms with Crippen LogP contribution in [0.5, 0.6) is 5.75 Å². The zero-order valence-electron chi connectivity index (χ0n) is 19.8. The molecule has 0 aliphatic rings. The number of aromatic amines is 1. The molecule has 3 aromatic carbocycles. The number of ether oxygens (including phenoxy) is 1. The molecule has 0 spiro atoms. The van der Waals surface area contributed by atoms with E-state index in [-0.39, 0.29) is 18.2 Å². The van der Waals surface area contributed by atoms with Gasteiger partial charge in [-0.15, -0.1) is 0 Å². The summed E-state index contributed by atoms with van der Waals surface area (Å²) >= 11 is 0. The molecule has 0 unspecified atom stereocenters. The van der Waals surface area contributed by atoms with Gasteiger partial charge in [-0.05, 0) is 35.2 Å². The van der Waals surface area contributed by atoms with Crippen molar-refractivity contribution < 1.29 is 9.53 Å². The Kier molecular flexibility index (Phi) is 8.68. The quantitative estimate of drug-likeness (QED) is 0.282. The summed E-state index contributed by atoms with van der Waals surface area (Å²) in [6.45, 7) is 3.16. The number of carbonyl (C=O) groups is 1. The minimum absolute atomic E-state index is 0.243. The van der Waals surface area contributed by atoms with Gasteiger partial charge < -0.3 is 15.5 Å². The van der Waals surface area contributed by atoms with E-state index in [2.05, 4.69) is 75.5 Å². The van der Waals surface area contributed by atoms with Crippen LogP contribution in [0, 0.1) is 0 Å². The second kappa shape index (κ2) is 12.5. The van der Waals surface area contributed by atoms with Gasteiger partial charge in [0.1, 0.15) is 5.75 Å². The van der Waals surface area contributed by atoms with Gasteiger partial charge >= 0.3 is 0 Å². The molecule has 0 bridgehead atoms. The number of nitrogens with one attached hydrogen (secondary N) is 1. The molecule has 0 saturated carbocycles. The van der Waals surface area contributed by atoms with Crippen molar-refractivity contribution in [1.82, 2.24) is 14.9 Å². The number of carbonyl (C=O) groups excluding carboxylic acids is 1. The predicted molar refractivity (Wildman–Crippen MR) is 138 cm³/mol. The number of primary amides is 1. The third-order valence-electron chi connectivity index (χ3n) is 5.98. The first kappa shape index (κ1) is 24.2. The molecule has 1 heterocycles. The van der Waals surface area contributed by atoms with E-state index in [1.165, 1.54) is 11.1 Å². The van der Waals surface area contributed by atoms with Crippen molar-refractivity contribution in [3.8, 4) is 5.75 Å². The summed E-state index contributed by atoms with van der Waals surface area (Å²) in [5.74, 6) is 0.726. The first-order valence-corrected chi connectivity index (χ1v) is 12.0. The molecule has 1 aromatic heterocycles. The fourth-order valence-electron chi connectivity index (χ4n) is 4.26. The molecule has 4 aromatic rings. The van der Waals surface area contributed by atoms with E-state index < -0.39 is 0 Å². The summed E-state index contributed by atoms with van der Waals surface area (Å²) < 4.78 is 5.96. The molecule has 35 heavy (non-hydrogen) atoms. The largest absolute Gasteiger partial charge is 0.494 e. The summed E-state index contributed by atoms with van der Waals surface area (Å²) in [6.07, 6.45) is 4.74. The molecular weight excluding hydrogens is 436 g/mol. The highest BCUT2D eigenvalue weighted by Crippen LogP contribution is 2.26. The van der Waals surface area contributed by atoms with Crippen LogP contribution >= 0.6 is 0 Å². The molecule has 3 N–H and O–H groups in total. The number of aromatic nitrogens is 2. The van der Waals surface area contributed by atoms with Crippen LogP contribution in [0.1, 0.15) is 34.7 Å². The number of hydrogen-bond donors (Lipinski definition) is 2. The molecule has 0 fully saturated rings. The van der Waals surface area contributed by atoms with Gasteiger partial charge in [-0.3, -0.25) is 9.69 Å². The predicted octanol–water partition coefficient (Wildman–Crippen LogP) is 4.54. The Balaban J connectivity index is 1.40. The molecule has 4 rings (SSSR count). The van der Waals surface area contributed by atoms with Crippen molar-refractivity contribution in [3.05, 3.63) is 120 Å². The Labute approximate surface area is 206 Å². The molecule has 1 amide bonds. The van der Waals surface area contributed by atoms with Crippen LogP contribution in [0.4, 0.5) is 0 Å². The van der Waals surface area contributed by atoms with Crippen LogP contribution < -0.4 is 10.5 Å². The molecule has 6 heteroatoms. The number of nitrogens with zero attached hydrogens (tertiary/aromatic N) is 2. The smallest absolute Gasteiger partial charge is 0.221 e. The van der Waals surface area contributed by atoms with Crippen LogP contribution in [-0.2, 0) is 17.8 Å². The Morgan fingerprint density at radius 3 is 2.17 bits per heavy atom. The number of imidazole rings is 1. The molecule has 6 nitrogen and oxygen atoms in total. The molecule has 0 aliphatic carbocycles. The lowest BCUT2D eigenvalue weighted by Gasteiger charge is -2.28. The summed E-state index contributed by atoms with van der Waals surface area (Å²) in [4.78, 5) is 21.0. The van der Waals surface area contributed by atoms with Crippen molar-refractivity contribution in [3.63, 3.8) is 0 Å². The first-order valence-electron chi connectivity index (χ1n) is 12.0. The van der Waals surface area contributed by atoms with Gasteiger partial charge in [-0.25, -0.2) is 4.98 Å². The normalized spacial score (nSPS) is 11.1. The maximum Gasteiger partial charge on any atom is 0.221 e. The fourth-order valence-corrected chi connectivity index (χ4v) is 4.26. The second-order valence-electron chi connectivity index (χ2n) is 8.67. The minimum Gasteiger partial charge on any atom is -0.494 e. The highest BCUT2D eigenvalue weighted by molar-refractivity contribution is 5.76. The number of nitrogens with two attached hydrogens (primary N) is 1. The summed E-state index contributed by atoms with van der Waals surface area (Å²) in [7, 11) is 0. The van der Waals surface area contributed by atoms with E-state index in [4.69, 9.17) is 10.5 Å². The van der Waals surface area contributed by atoms with Crippen molar-refractivity contribution >= 4 is 5.91 Å². The average molecular weight is 469 g/mol. The summed E-state index contributed by atoms with van der Waals surface area (Å²) in [6, 6.07) is 28.9. The number of H-pyrrole nitrogens is 1. The number of benzene rings is 3. The van der Waals surface area contributed by atoms with E-state index >= 15 is 0 Å². The molecule has 180 valence electrons. The van der Waals surface area contributed by atoms with Crippen molar-refractivity contribution in [2.24, 2.45) is 5.73 Å². The topological polar surface area (TPSA) is 84.2 Å². The summed E-state index contributed by atoms with van der Waals surface area (Å²) in [5, 5.41) is 0. The molecule has 0 saturated heterocycles. The zero-order valence-corrected chi connectivity index (χ0v) is 19.8. The number of rotatable bonds is 13. The van der Waals surface area contributed by atoms with Crippen LogP contribution in [0.2, 0.25) is 0 Å². The average Bonchev–Trinajstić information content (AvgIpc) is 3.40. The minimum atomic E-state index is -0.333. The Bertz CT molecular complexity index is 1110. The van der Waals surface area contributed by atoms with Gasteiger partial charge in [0.2, 0.25) is 5.91 Å². The van der Waals surface area contributed by atoms with Crippen LogP contribution in [0.3, 0.4) is 0 Å². The zero-order chi connectivity index (χ0) is 24.3. The number of hydrogen-bond acceptors (Lipinski definition) is 4. The third-order valence-corrected chi connectivity index (χ3v) is 5.98. The lowest BCUT2D eigenvalue weighted by Crippen LogP contribution is -2.31. The Hall–Kier alpha value is -3.90. The Morgan fingerprint density at radius 1 is 0.943 bits per heavy atom. The van der Waals surface area contributed by atoms with Crippen LogP contribution in [0.25, 0.3) is 0 Å². The van der Waals surface area contributed by atoms with E-state index in [0.29, 0.717) is 6.61 Å². The first-order chi connectivity index (χ1) is 17.2. The second-order valence-corrected chi connectivity index (χ2v) is 8.67. The monoisotopic (exact) mass is 468 g/mol. The number of amides is 1. The van der Waals surface area contributed by atoms with Crippen molar-refractivity contribution in [2.75, 3.05) is 19.7 Å². The van der Waals surface area contributed by atoms with Crippen molar-refractivity contribution in [2.45, 2.75) is 25.3 Å². The van der Waals surface area contributed by atoms with Crippen LogP contribution in [-0.4, -0.2) is 40.5 Å².